The number of H-pyrrole nitrogens is 1. The average molecular weight is 352 g/mol. The predicted molar refractivity (Wildman–Crippen MR) is 100 cm³/mol. The van der Waals surface area contributed by atoms with E-state index in [9.17, 15) is 9.59 Å². The minimum absolute atomic E-state index is 0.0656. The maximum atomic E-state index is 12.5. The summed E-state index contributed by atoms with van der Waals surface area (Å²) < 4.78 is 10.7. The topological polar surface area (TPSA) is 80.4 Å². The molecule has 3 rings (SSSR count). The predicted octanol–water partition coefficient (Wildman–Crippen LogP) is 3.79. The summed E-state index contributed by atoms with van der Waals surface area (Å²) in [6.45, 7) is 3.87. The Morgan fingerprint density at radius 2 is 1.73 bits per heavy atom. The molecule has 0 bridgehead atoms. The number of benzene rings is 2. The molecule has 0 saturated heterocycles. The third-order valence-corrected chi connectivity index (χ3v) is 3.82. The fourth-order valence-corrected chi connectivity index (χ4v) is 2.61. The number of ketones is 1. The maximum absolute atomic E-state index is 12.5. The van der Waals surface area contributed by atoms with Crippen molar-refractivity contribution in [1.82, 2.24) is 4.98 Å². The molecule has 3 aromatic rings. The highest BCUT2D eigenvalue weighted by Gasteiger charge is 2.20. The number of fused-ring (bicyclic) bond motifs is 1. The van der Waals surface area contributed by atoms with Crippen molar-refractivity contribution in [3.63, 3.8) is 0 Å². The molecule has 2 aromatic carbocycles. The lowest BCUT2D eigenvalue weighted by Crippen LogP contribution is -2.22. The van der Waals surface area contributed by atoms with Crippen LogP contribution in [-0.4, -0.2) is 29.9 Å². The zero-order valence-electron chi connectivity index (χ0n) is 14.8. The summed E-state index contributed by atoms with van der Waals surface area (Å²) in [4.78, 5) is 27.9. The molecule has 6 heteroatoms. The van der Waals surface area contributed by atoms with Gasteiger partial charge >= 0.3 is 0 Å². The van der Waals surface area contributed by atoms with Crippen molar-refractivity contribution >= 4 is 28.3 Å². The Balaban J connectivity index is 1.77. The fraction of sp³-hybridized carbons (Fsp3) is 0.200. The summed E-state index contributed by atoms with van der Waals surface area (Å²) >= 11 is 0. The molecule has 0 spiro atoms. The first-order chi connectivity index (χ1) is 12.5. The second-order valence-corrected chi connectivity index (χ2v) is 6.09. The normalized spacial score (nSPS) is 10.8. The molecule has 134 valence electrons. The lowest BCUT2D eigenvalue weighted by Gasteiger charge is -2.10. The van der Waals surface area contributed by atoms with E-state index in [1.807, 2.05) is 13.8 Å². The van der Waals surface area contributed by atoms with Crippen LogP contribution in [0.5, 0.6) is 11.5 Å². The summed E-state index contributed by atoms with van der Waals surface area (Å²) in [6, 6.07) is 12.2. The molecule has 6 nitrogen and oxygen atoms in total. The third kappa shape index (κ3) is 3.69. The van der Waals surface area contributed by atoms with Gasteiger partial charge in [0.15, 0.2) is 0 Å². The van der Waals surface area contributed by atoms with Crippen molar-refractivity contribution in [3.05, 3.63) is 54.2 Å². The average Bonchev–Trinajstić information content (AvgIpc) is 3.05. The number of carbonyl (C=O) groups is 2. The molecule has 0 aliphatic rings. The van der Waals surface area contributed by atoms with E-state index in [0.29, 0.717) is 28.1 Å². The zero-order chi connectivity index (χ0) is 18.7. The third-order valence-electron chi connectivity index (χ3n) is 3.82. The molecule has 0 fully saturated rings. The molecule has 2 N–H and O–H groups in total. The van der Waals surface area contributed by atoms with Crippen LogP contribution >= 0.6 is 0 Å². The number of methoxy groups -OCH3 is 1. The Morgan fingerprint density at radius 1 is 1.04 bits per heavy atom. The highest BCUT2D eigenvalue weighted by atomic mass is 16.5. The molecular weight excluding hydrogens is 332 g/mol. The van der Waals surface area contributed by atoms with Gasteiger partial charge < -0.3 is 19.8 Å². The highest BCUT2D eigenvalue weighted by molar-refractivity contribution is 6.48. The number of Topliss-reactive ketones (excluding diaryl/α,β-unsaturated/α-hetero) is 1. The van der Waals surface area contributed by atoms with Gasteiger partial charge in [-0.05, 0) is 56.3 Å². The maximum Gasteiger partial charge on any atom is 0.296 e. The van der Waals surface area contributed by atoms with E-state index < -0.39 is 11.7 Å². The van der Waals surface area contributed by atoms with Crippen molar-refractivity contribution in [2.45, 2.75) is 20.0 Å². The molecular formula is C20H20N2O4. The van der Waals surface area contributed by atoms with Gasteiger partial charge in [0.1, 0.15) is 11.5 Å². The minimum Gasteiger partial charge on any atom is -0.497 e. The van der Waals surface area contributed by atoms with Gasteiger partial charge in [0.2, 0.25) is 0 Å². The Bertz CT molecular complexity index is 942. The summed E-state index contributed by atoms with van der Waals surface area (Å²) in [5, 5.41) is 3.26. The standard InChI is InChI=1S/C20H20N2O4/c1-12(2)26-14-6-4-13(5-7-14)22-20(24)19(23)17-11-21-18-9-8-15(25-3)10-16(17)18/h4-12,21H,1-3H3,(H,22,24). The van der Waals surface area contributed by atoms with Gasteiger partial charge in [0.25, 0.3) is 11.7 Å². The molecule has 1 aromatic heterocycles. The van der Waals surface area contributed by atoms with Crippen molar-refractivity contribution in [2.24, 2.45) is 0 Å². The molecule has 0 aliphatic carbocycles. The summed E-state index contributed by atoms with van der Waals surface area (Å²) in [5.74, 6) is -0.00129. The molecule has 26 heavy (non-hydrogen) atoms. The number of rotatable bonds is 6. The van der Waals surface area contributed by atoms with E-state index in [4.69, 9.17) is 9.47 Å². The lowest BCUT2D eigenvalue weighted by atomic mass is 10.1. The van der Waals surface area contributed by atoms with Crippen molar-refractivity contribution in [1.29, 1.82) is 0 Å². The number of aromatic amines is 1. The first-order valence-electron chi connectivity index (χ1n) is 8.25. The second kappa shape index (κ2) is 7.31. The first kappa shape index (κ1) is 17.5. The highest BCUT2D eigenvalue weighted by Crippen LogP contribution is 2.24. The van der Waals surface area contributed by atoms with Crippen LogP contribution in [-0.2, 0) is 4.79 Å². The number of hydrogen-bond donors (Lipinski definition) is 2. The van der Waals surface area contributed by atoms with E-state index >= 15 is 0 Å². The van der Waals surface area contributed by atoms with E-state index in [2.05, 4.69) is 10.3 Å². The summed E-state index contributed by atoms with van der Waals surface area (Å²) in [6.07, 6.45) is 1.60. The van der Waals surface area contributed by atoms with Crippen LogP contribution in [0.15, 0.2) is 48.7 Å². The molecule has 0 radical (unpaired) electrons. The van der Waals surface area contributed by atoms with Crippen LogP contribution in [0.1, 0.15) is 24.2 Å². The van der Waals surface area contributed by atoms with Gasteiger partial charge in [-0.15, -0.1) is 0 Å². The van der Waals surface area contributed by atoms with Crippen LogP contribution in [0.25, 0.3) is 10.9 Å². The van der Waals surface area contributed by atoms with Crippen LogP contribution in [0.4, 0.5) is 5.69 Å². The Kier molecular flexibility index (Phi) is 4.93. The Morgan fingerprint density at radius 3 is 2.38 bits per heavy atom. The van der Waals surface area contributed by atoms with Crippen molar-refractivity contribution in [3.8, 4) is 11.5 Å². The van der Waals surface area contributed by atoms with Crippen molar-refractivity contribution in [2.75, 3.05) is 12.4 Å². The molecule has 0 atom stereocenters. The van der Waals surface area contributed by atoms with Gasteiger partial charge in [0, 0.05) is 22.8 Å². The van der Waals surface area contributed by atoms with Gasteiger partial charge in [-0.2, -0.15) is 0 Å². The van der Waals surface area contributed by atoms with Gasteiger partial charge in [-0.1, -0.05) is 0 Å². The molecule has 0 saturated carbocycles. The summed E-state index contributed by atoms with van der Waals surface area (Å²) in [7, 11) is 1.55. The molecule has 0 unspecified atom stereocenters. The zero-order valence-corrected chi connectivity index (χ0v) is 14.8. The number of nitrogens with one attached hydrogen (secondary N) is 2. The molecule has 1 amide bonds. The lowest BCUT2D eigenvalue weighted by molar-refractivity contribution is -0.112. The monoisotopic (exact) mass is 352 g/mol. The van der Waals surface area contributed by atoms with Gasteiger partial charge in [-0.3, -0.25) is 9.59 Å². The van der Waals surface area contributed by atoms with Gasteiger partial charge in [0.05, 0.1) is 18.8 Å². The largest absolute Gasteiger partial charge is 0.497 e. The Labute approximate surface area is 151 Å². The first-order valence-corrected chi connectivity index (χ1v) is 8.25. The number of hydrogen-bond acceptors (Lipinski definition) is 4. The van der Waals surface area contributed by atoms with Crippen molar-refractivity contribution < 1.29 is 19.1 Å². The fourth-order valence-electron chi connectivity index (χ4n) is 2.61. The minimum atomic E-state index is -0.703. The second-order valence-electron chi connectivity index (χ2n) is 6.09. The molecule has 0 aliphatic heterocycles. The molecule has 1 heterocycles. The number of aromatic nitrogens is 1. The number of carbonyl (C=O) groups excluding carboxylic acids is 2. The van der Waals surface area contributed by atoms with E-state index in [1.165, 1.54) is 6.20 Å². The number of ether oxygens (including phenoxy) is 2. The smallest absolute Gasteiger partial charge is 0.296 e. The van der Waals surface area contributed by atoms with Crippen LogP contribution in [0.2, 0.25) is 0 Å². The van der Waals surface area contributed by atoms with Crippen LogP contribution in [0.3, 0.4) is 0 Å². The number of amides is 1. The summed E-state index contributed by atoms with van der Waals surface area (Å²) in [5.41, 5.74) is 1.59. The van der Waals surface area contributed by atoms with E-state index in [0.717, 1.165) is 5.52 Å². The van der Waals surface area contributed by atoms with Gasteiger partial charge in [-0.25, -0.2) is 0 Å². The Hall–Kier alpha value is -3.28. The quantitative estimate of drug-likeness (QED) is 0.522. The van der Waals surface area contributed by atoms with Crippen LogP contribution in [0, 0.1) is 0 Å². The van der Waals surface area contributed by atoms with Crippen LogP contribution < -0.4 is 14.8 Å². The SMILES string of the molecule is COc1ccc2[nH]cc(C(=O)C(=O)Nc3ccc(OC(C)C)cc3)c2c1. The van der Waals surface area contributed by atoms with E-state index in [-0.39, 0.29) is 6.10 Å². The van der Waals surface area contributed by atoms with E-state index in [1.54, 1.807) is 49.6 Å². The number of anilines is 1.